The van der Waals surface area contributed by atoms with Crippen LogP contribution >= 0.6 is 24.0 Å². The van der Waals surface area contributed by atoms with Crippen LogP contribution in [0, 0.1) is 0 Å². The SMILES string of the molecule is CCOc1ccc(Oc2cc(CNC(=NC)NC3CCS(=O)(=O)C3)ccn2)cc1.I. The molecule has 2 aromatic rings. The van der Waals surface area contributed by atoms with E-state index in [0.717, 1.165) is 11.3 Å². The third kappa shape index (κ3) is 7.31. The molecule has 0 amide bonds. The van der Waals surface area contributed by atoms with Crippen molar-refractivity contribution in [1.29, 1.82) is 0 Å². The topological polar surface area (TPSA) is 102 Å². The number of hydrogen-bond acceptors (Lipinski definition) is 6. The lowest BCUT2D eigenvalue weighted by molar-refractivity contribution is 0.339. The van der Waals surface area contributed by atoms with E-state index >= 15 is 0 Å². The maximum absolute atomic E-state index is 11.6. The van der Waals surface area contributed by atoms with E-state index in [-0.39, 0.29) is 41.5 Å². The summed E-state index contributed by atoms with van der Waals surface area (Å²) in [5.41, 5.74) is 0.961. The number of ether oxygens (including phenoxy) is 2. The van der Waals surface area contributed by atoms with Crippen LogP contribution in [-0.4, -0.2) is 50.6 Å². The number of hydrogen-bond donors (Lipinski definition) is 2. The molecule has 0 aliphatic carbocycles. The Kier molecular flexibility index (Phi) is 9.15. The average Bonchev–Trinajstić information content (AvgIpc) is 3.05. The van der Waals surface area contributed by atoms with Gasteiger partial charge in [0.05, 0.1) is 18.1 Å². The van der Waals surface area contributed by atoms with Gasteiger partial charge < -0.3 is 20.1 Å². The highest BCUT2D eigenvalue weighted by Crippen LogP contribution is 2.23. The Morgan fingerprint density at radius 1 is 1.23 bits per heavy atom. The van der Waals surface area contributed by atoms with E-state index in [0.29, 0.717) is 37.2 Å². The van der Waals surface area contributed by atoms with Crippen molar-refractivity contribution in [3.63, 3.8) is 0 Å². The number of nitrogens with one attached hydrogen (secondary N) is 2. The molecule has 0 bridgehead atoms. The van der Waals surface area contributed by atoms with Crippen molar-refractivity contribution in [3.05, 3.63) is 48.2 Å². The summed E-state index contributed by atoms with van der Waals surface area (Å²) in [7, 11) is -1.28. The third-order valence-electron chi connectivity index (χ3n) is 4.41. The van der Waals surface area contributed by atoms with Gasteiger partial charge in [0.25, 0.3) is 0 Å². The second kappa shape index (κ2) is 11.3. The number of aromatic nitrogens is 1. The monoisotopic (exact) mass is 546 g/mol. The number of guanidine groups is 1. The Bertz CT molecular complexity index is 952. The van der Waals surface area contributed by atoms with Crippen LogP contribution in [0.4, 0.5) is 0 Å². The largest absolute Gasteiger partial charge is 0.494 e. The molecule has 1 aromatic heterocycles. The summed E-state index contributed by atoms with van der Waals surface area (Å²) < 4.78 is 34.4. The van der Waals surface area contributed by atoms with E-state index in [2.05, 4.69) is 20.6 Å². The quantitative estimate of drug-likeness (QED) is 0.313. The molecule has 2 heterocycles. The van der Waals surface area contributed by atoms with Crippen molar-refractivity contribution >= 4 is 39.8 Å². The highest BCUT2D eigenvalue weighted by molar-refractivity contribution is 14.0. The van der Waals surface area contributed by atoms with Gasteiger partial charge in [0, 0.05) is 31.9 Å². The van der Waals surface area contributed by atoms with Gasteiger partial charge in [0.1, 0.15) is 11.5 Å². The fourth-order valence-electron chi connectivity index (χ4n) is 2.99. The molecule has 1 aliphatic heterocycles. The number of nitrogens with zero attached hydrogens (tertiary/aromatic N) is 2. The summed E-state index contributed by atoms with van der Waals surface area (Å²) in [6, 6.07) is 11.0. The van der Waals surface area contributed by atoms with Gasteiger partial charge in [0.15, 0.2) is 15.8 Å². The first-order valence-corrected chi connectivity index (χ1v) is 11.3. The fraction of sp³-hybridized carbons (Fsp3) is 0.400. The van der Waals surface area contributed by atoms with E-state index in [1.54, 1.807) is 13.2 Å². The second-order valence-electron chi connectivity index (χ2n) is 6.68. The van der Waals surface area contributed by atoms with Crippen LogP contribution in [0.15, 0.2) is 47.6 Å². The Balaban J connectivity index is 0.00000320. The summed E-state index contributed by atoms with van der Waals surface area (Å²) in [6.07, 6.45) is 2.28. The zero-order valence-corrected chi connectivity index (χ0v) is 20.1. The molecular formula is C20H27IN4O4S. The Morgan fingerprint density at radius 2 is 1.97 bits per heavy atom. The van der Waals surface area contributed by atoms with Crippen molar-refractivity contribution in [3.8, 4) is 17.4 Å². The summed E-state index contributed by atoms with van der Waals surface area (Å²) >= 11 is 0. The standard InChI is InChI=1S/C20H26N4O4S.HI/c1-3-27-17-4-6-18(7-5-17)28-19-12-15(8-10-22-19)13-23-20(21-2)24-16-9-11-29(25,26)14-16;/h4-8,10,12,16H,3,9,11,13-14H2,1-2H3,(H2,21,23,24);1H. The number of rotatable bonds is 7. The van der Waals surface area contributed by atoms with Gasteiger partial charge in [-0.15, -0.1) is 24.0 Å². The molecule has 0 radical (unpaired) electrons. The van der Waals surface area contributed by atoms with Crippen molar-refractivity contribution in [1.82, 2.24) is 15.6 Å². The van der Waals surface area contributed by atoms with Crippen LogP contribution in [-0.2, 0) is 16.4 Å². The number of halogens is 1. The molecule has 0 saturated carbocycles. The van der Waals surface area contributed by atoms with E-state index in [1.165, 1.54) is 0 Å². The minimum Gasteiger partial charge on any atom is -0.494 e. The number of benzene rings is 1. The maximum atomic E-state index is 11.6. The molecule has 10 heteroatoms. The number of sulfone groups is 1. The molecule has 1 saturated heterocycles. The summed E-state index contributed by atoms with van der Waals surface area (Å²) in [5.74, 6) is 2.88. The van der Waals surface area contributed by atoms with Gasteiger partial charge in [-0.3, -0.25) is 4.99 Å². The first-order chi connectivity index (χ1) is 14.0. The lowest BCUT2D eigenvalue weighted by Crippen LogP contribution is -2.43. The van der Waals surface area contributed by atoms with Crippen LogP contribution < -0.4 is 20.1 Å². The highest BCUT2D eigenvalue weighted by atomic mass is 127. The van der Waals surface area contributed by atoms with Gasteiger partial charge in [-0.1, -0.05) is 0 Å². The van der Waals surface area contributed by atoms with Gasteiger partial charge in [-0.05, 0) is 49.2 Å². The number of pyridine rings is 1. The molecule has 164 valence electrons. The first-order valence-electron chi connectivity index (χ1n) is 9.50. The molecule has 1 aromatic carbocycles. The molecule has 30 heavy (non-hydrogen) atoms. The predicted molar refractivity (Wildman–Crippen MR) is 128 cm³/mol. The Labute approximate surface area is 194 Å². The molecule has 1 fully saturated rings. The normalized spacial score (nSPS) is 17.7. The maximum Gasteiger partial charge on any atom is 0.219 e. The second-order valence-corrected chi connectivity index (χ2v) is 8.91. The molecule has 1 atom stereocenters. The van der Waals surface area contributed by atoms with Gasteiger partial charge >= 0.3 is 0 Å². The van der Waals surface area contributed by atoms with Crippen LogP contribution in [0.25, 0.3) is 0 Å². The minimum absolute atomic E-state index is 0. The Morgan fingerprint density at radius 3 is 2.60 bits per heavy atom. The van der Waals surface area contributed by atoms with E-state index in [4.69, 9.17) is 9.47 Å². The third-order valence-corrected chi connectivity index (χ3v) is 6.18. The first kappa shape index (κ1) is 24.2. The molecule has 0 spiro atoms. The van der Waals surface area contributed by atoms with Crippen LogP contribution in [0.1, 0.15) is 18.9 Å². The zero-order valence-electron chi connectivity index (χ0n) is 17.0. The van der Waals surface area contributed by atoms with Gasteiger partial charge in [0.2, 0.25) is 5.88 Å². The summed E-state index contributed by atoms with van der Waals surface area (Å²) in [5, 5.41) is 6.36. The average molecular weight is 546 g/mol. The van der Waals surface area contributed by atoms with Crippen LogP contribution in [0.5, 0.6) is 17.4 Å². The smallest absolute Gasteiger partial charge is 0.219 e. The lowest BCUT2D eigenvalue weighted by atomic mass is 10.2. The van der Waals surface area contributed by atoms with Crippen molar-refractivity contribution in [2.24, 2.45) is 4.99 Å². The molecule has 2 N–H and O–H groups in total. The zero-order chi connectivity index (χ0) is 20.7. The summed E-state index contributed by atoms with van der Waals surface area (Å²) in [6.45, 7) is 3.06. The van der Waals surface area contributed by atoms with Crippen molar-refractivity contribution in [2.75, 3.05) is 25.2 Å². The minimum atomic E-state index is -2.94. The highest BCUT2D eigenvalue weighted by Gasteiger charge is 2.28. The van der Waals surface area contributed by atoms with Crippen LogP contribution in [0.2, 0.25) is 0 Å². The molecule has 1 unspecified atom stereocenters. The van der Waals surface area contributed by atoms with E-state index in [1.807, 2.05) is 43.3 Å². The number of aliphatic imine (C=N–C) groups is 1. The van der Waals surface area contributed by atoms with Crippen molar-refractivity contribution < 1.29 is 17.9 Å². The Hall–Kier alpha value is -2.08. The predicted octanol–water partition coefficient (Wildman–Crippen LogP) is 2.74. The van der Waals surface area contributed by atoms with Crippen molar-refractivity contribution in [2.45, 2.75) is 25.9 Å². The molecule has 3 rings (SSSR count). The van der Waals surface area contributed by atoms with E-state index in [9.17, 15) is 8.42 Å². The molecular weight excluding hydrogens is 519 g/mol. The summed E-state index contributed by atoms with van der Waals surface area (Å²) in [4.78, 5) is 8.41. The fourth-order valence-corrected chi connectivity index (χ4v) is 4.66. The van der Waals surface area contributed by atoms with E-state index < -0.39 is 9.84 Å². The van der Waals surface area contributed by atoms with Crippen LogP contribution in [0.3, 0.4) is 0 Å². The van der Waals surface area contributed by atoms with Gasteiger partial charge in [-0.25, -0.2) is 13.4 Å². The molecule has 1 aliphatic rings. The molecule has 8 nitrogen and oxygen atoms in total. The lowest BCUT2D eigenvalue weighted by Gasteiger charge is -2.16. The van der Waals surface area contributed by atoms with Gasteiger partial charge in [-0.2, -0.15) is 0 Å².